The second-order valence-corrected chi connectivity index (χ2v) is 2.73. The van der Waals surface area contributed by atoms with Crippen LogP contribution in [0.1, 0.15) is 10.4 Å². The predicted octanol–water partition coefficient (Wildman–Crippen LogP) is 0.571. The Balaban J connectivity index is 2.52. The van der Waals surface area contributed by atoms with Gasteiger partial charge in [0.15, 0.2) is 0 Å². The lowest BCUT2D eigenvalue weighted by atomic mass is 10.2. The van der Waals surface area contributed by atoms with E-state index in [2.05, 4.69) is 15.2 Å². The molecule has 0 spiro atoms. The molecule has 2 aromatic rings. The highest BCUT2D eigenvalue weighted by Gasteiger charge is 2.12. The molecule has 2 heterocycles. The average Bonchev–Trinajstić information content (AvgIpc) is 2.67. The molecule has 5 nitrogen and oxygen atoms in total. The van der Waals surface area contributed by atoms with E-state index in [1.165, 1.54) is 6.20 Å². The van der Waals surface area contributed by atoms with Crippen molar-refractivity contribution >= 4 is 5.91 Å². The Morgan fingerprint density at radius 1 is 1.43 bits per heavy atom. The minimum Gasteiger partial charge on any atom is -0.365 e. The van der Waals surface area contributed by atoms with Crippen molar-refractivity contribution < 1.29 is 4.79 Å². The van der Waals surface area contributed by atoms with E-state index >= 15 is 0 Å². The molecule has 0 aliphatic heterocycles. The predicted molar refractivity (Wildman–Crippen MR) is 50.3 cm³/mol. The van der Waals surface area contributed by atoms with Gasteiger partial charge in [-0.15, -0.1) is 0 Å². The van der Waals surface area contributed by atoms with Gasteiger partial charge in [-0.05, 0) is 12.1 Å². The second kappa shape index (κ2) is 3.29. The number of pyridine rings is 1. The van der Waals surface area contributed by atoms with Gasteiger partial charge in [-0.2, -0.15) is 5.10 Å². The normalized spacial score (nSPS) is 10.0. The fourth-order valence-corrected chi connectivity index (χ4v) is 1.18. The standard InChI is InChI=1S/C9H8N4O/c10-9(14)6-5-12-13-8(6)7-3-1-2-4-11-7/h1-5H,(H2,10,14)(H,12,13). The first kappa shape index (κ1) is 8.43. The Kier molecular flexibility index (Phi) is 1.98. The molecule has 0 radical (unpaired) electrons. The zero-order valence-electron chi connectivity index (χ0n) is 7.27. The molecule has 5 heteroatoms. The maximum absolute atomic E-state index is 11.0. The number of nitrogens with zero attached hydrogens (tertiary/aromatic N) is 2. The van der Waals surface area contributed by atoms with Gasteiger partial charge in [0.2, 0.25) is 0 Å². The summed E-state index contributed by atoms with van der Waals surface area (Å²) in [7, 11) is 0. The summed E-state index contributed by atoms with van der Waals surface area (Å²) in [6.45, 7) is 0. The van der Waals surface area contributed by atoms with Crippen molar-refractivity contribution in [2.24, 2.45) is 5.73 Å². The maximum Gasteiger partial charge on any atom is 0.252 e. The number of primary amides is 1. The lowest BCUT2D eigenvalue weighted by molar-refractivity contribution is 0.100. The Hall–Kier alpha value is -2.17. The van der Waals surface area contributed by atoms with Crippen LogP contribution in [0.4, 0.5) is 0 Å². The summed E-state index contributed by atoms with van der Waals surface area (Å²) < 4.78 is 0. The van der Waals surface area contributed by atoms with Crippen LogP contribution in [0.5, 0.6) is 0 Å². The number of carbonyl (C=O) groups excluding carboxylic acids is 1. The SMILES string of the molecule is NC(=O)c1c[nH]nc1-c1ccccn1. The largest absolute Gasteiger partial charge is 0.365 e. The summed E-state index contributed by atoms with van der Waals surface area (Å²) in [5.74, 6) is -0.514. The fraction of sp³-hybridized carbons (Fsp3) is 0. The smallest absolute Gasteiger partial charge is 0.252 e. The number of H-pyrrole nitrogens is 1. The van der Waals surface area contributed by atoms with Crippen molar-refractivity contribution in [2.75, 3.05) is 0 Å². The Bertz CT molecular complexity index is 449. The molecule has 1 amide bonds. The zero-order valence-corrected chi connectivity index (χ0v) is 7.27. The highest BCUT2D eigenvalue weighted by atomic mass is 16.1. The van der Waals surface area contributed by atoms with Crippen LogP contribution < -0.4 is 5.73 Å². The van der Waals surface area contributed by atoms with E-state index in [0.29, 0.717) is 17.0 Å². The van der Waals surface area contributed by atoms with Crippen molar-refractivity contribution in [3.63, 3.8) is 0 Å². The van der Waals surface area contributed by atoms with Gasteiger partial charge in [0.05, 0.1) is 11.3 Å². The van der Waals surface area contributed by atoms with E-state index < -0.39 is 5.91 Å². The number of carbonyl (C=O) groups is 1. The highest BCUT2D eigenvalue weighted by molar-refractivity contribution is 5.98. The van der Waals surface area contributed by atoms with E-state index in [9.17, 15) is 4.79 Å². The van der Waals surface area contributed by atoms with Crippen molar-refractivity contribution in [1.29, 1.82) is 0 Å². The third-order valence-electron chi connectivity index (χ3n) is 1.81. The second-order valence-electron chi connectivity index (χ2n) is 2.73. The van der Waals surface area contributed by atoms with Crippen LogP contribution in [0.2, 0.25) is 0 Å². The van der Waals surface area contributed by atoms with Gasteiger partial charge in [0, 0.05) is 12.4 Å². The molecule has 0 atom stereocenters. The van der Waals surface area contributed by atoms with Gasteiger partial charge in [-0.1, -0.05) is 6.07 Å². The molecule has 0 aliphatic rings. The van der Waals surface area contributed by atoms with Crippen molar-refractivity contribution in [2.45, 2.75) is 0 Å². The first-order chi connectivity index (χ1) is 6.79. The third-order valence-corrected chi connectivity index (χ3v) is 1.81. The summed E-state index contributed by atoms with van der Waals surface area (Å²) in [6, 6.07) is 5.38. The summed E-state index contributed by atoms with van der Waals surface area (Å²) in [6.07, 6.45) is 3.10. The molecule has 3 N–H and O–H groups in total. The highest BCUT2D eigenvalue weighted by Crippen LogP contribution is 2.17. The Morgan fingerprint density at radius 2 is 2.29 bits per heavy atom. The molecule has 2 aromatic heterocycles. The molecule has 0 saturated heterocycles. The Morgan fingerprint density at radius 3 is 2.93 bits per heavy atom. The number of rotatable bonds is 2. The van der Waals surface area contributed by atoms with Gasteiger partial charge < -0.3 is 5.73 Å². The molecule has 0 aliphatic carbocycles. The van der Waals surface area contributed by atoms with E-state index in [1.54, 1.807) is 18.3 Å². The van der Waals surface area contributed by atoms with Gasteiger partial charge in [-0.3, -0.25) is 14.9 Å². The number of aromatic nitrogens is 3. The van der Waals surface area contributed by atoms with E-state index in [4.69, 9.17) is 5.73 Å². The van der Waals surface area contributed by atoms with Crippen LogP contribution in [0.15, 0.2) is 30.6 Å². The molecule has 0 aromatic carbocycles. The number of nitrogens with two attached hydrogens (primary N) is 1. The molecule has 0 unspecified atom stereocenters. The van der Waals surface area contributed by atoms with Gasteiger partial charge in [0.1, 0.15) is 5.69 Å². The molecule has 0 bridgehead atoms. The van der Waals surface area contributed by atoms with Crippen molar-refractivity contribution in [3.8, 4) is 11.4 Å². The van der Waals surface area contributed by atoms with Crippen LogP contribution >= 0.6 is 0 Å². The van der Waals surface area contributed by atoms with Crippen LogP contribution in [0, 0.1) is 0 Å². The maximum atomic E-state index is 11.0. The van der Waals surface area contributed by atoms with Gasteiger partial charge in [0.25, 0.3) is 5.91 Å². The number of hydrogen-bond donors (Lipinski definition) is 2. The molecule has 0 saturated carbocycles. The number of aromatic amines is 1. The summed E-state index contributed by atoms with van der Waals surface area (Å²) in [5.41, 5.74) is 6.63. The molecule has 70 valence electrons. The quantitative estimate of drug-likeness (QED) is 0.722. The van der Waals surface area contributed by atoms with Gasteiger partial charge >= 0.3 is 0 Å². The van der Waals surface area contributed by atoms with Crippen molar-refractivity contribution in [3.05, 3.63) is 36.2 Å². The van der Waals surface area contributed by atoms with Crippen LogP contribution in [0.25, 0.3) is 11.4 Å². The zero-order chi connectivity index (χ0) is 9.97. The molecular weight excluding hydrogens is 180 g/mol. The first-order valence-corrected chi connectivity index (χ1v) is 4.04. The van der Waals surface area contributed by atoms with E-state index in [-0.39, 0.29) is 0 Å². The Labute approximate surface area is 80.0 Å². The lowest BCUT2D eigenvalue weighted by Crippen LogP contribution is -2.11. The molecule has 2 rings (SSSR count). The van der Waals surface area contributed by atoms with Crippen LogP contribution in [-0.4, -0.2) is 21.1 Å². The van der Waals surface area contributed by atoms with E-state index in [1.807, 2.05) is 6.07 Å². The lowest BCUT2D eigenvalue weighted by Gasteiger charge is -1.96. The molecular formula is C9H8N4O. The molecule has 0 fully saturated rings. The van der Waals surface area contributed by atoms with E-state index in [0.717, 1.165) is 0 Å². The van der Waals surface area contributed by atoms with Crippen molar-refractivity contribution in [1.82, 2.24) is 15.2 Å². The topological polar surface area (TPSA) is 84.7 Å². The number of nitrogens with one attached hydrogen (secondary N) is 1. The third kappa shape index (κ3) is 1.35. The summed E-state index contributed by atoms with van der Waals surface area (Å²) in [5, 5.41) is 6.51. The number of amides is 1. The minimum absolute atomic E-state index is 0.351. The fourth-order valence-electron chi connectivity index (χ4n) is 1.18. The monoisotopic (exact) mass is 188 g/mol. The minimum atomic E-state index is -0.514. The first-order valence-electron chi connectivity index (χ1n) is 4.04. The van der Waals surface area contributed by atoms with Crippen LogP contribution in [0.3, 0.4) is 0 Å². The van der Waals surface area contributed by atoms with Crippen LogP contribution in [-0.2, 0) is 0 Å². The average molecular weight is 188 g/mol. The van der Waals surface area contributed by atoms with Gasteiger partial charge in [-0.25, -0.2) is 0 Å². The molecule has 14 heavy (non-hydrogen) atoms. The summed E-state index contributed by atoms with van der Waals surface area (Å²) in [4.78, 5) is 15.1. The number of hydrogen-bond acceptors (Lipinski definition) is 3. The summed E-state index contributed by atoms with van der Waals surface area (Å²) >= 11 is 0.